The molecule has 0 aliphatic carbocycles. The third kappa shape index (κ3) is 7.24. The molecule has 2 rings (SSSR count). The Kier molecular flexibility index (Phi) is 9.53. The third-order valence-corrected chi connectivity index (χ3v) is 5.18. The second-order valence-electron chi connectivity index (χ2n) is 7.64. The lowest BCUT2D eigenvalue weighted by atomic mass is 10.0. The van der Waals surface area contributed by atoms with Gasteiger partial charge in [0.1, 0.15) is 6.04 Å². The van der Waals surface area contributed by atoms with Gasteiger partial charge in [-0.3, -0.25) is 9.59 Å². The molecule has 9 heteroatoms. The van der Waals surface area contributed by atoms with Crippen molar-refractivity contribution in [1.82, 2.24) is 10.7 Å². The number of nitrogens with one attached hydrogen (secondary N) is 2. The average molecular weight is 525 g/mol. The summed E-state index contributed by atoms with van der Waals surface area (Å²) in [7, 11) is 1.55. The molecule has 0 saturated carbocycles. The molecule has 0 aromatic heterocycles. The maximum Gasteiger partial charge on any atom is 0.262 e. The van der Waals surface area contributed by atoms with Gasteiger partial charge >= 0.3 is 0 Å². The molecule has 0 heterocycles. The number of halogens is 2. The minimum absolute atomic E-state index is 0.0185. The van der Waals surface area contributed by atoms with Crippen molar-refractivity contribution < 1.29 is 19.1 Å². The summed E-state index contributed by atoms with van der Waals surface area (Å²) >= 11 is 9.34. The molecule has 0 aliphatic heterocycles. The zero-order chi connectivity index (χ0) is 23.8. The number of carbonyl (C=O) groups excluding carboxylic acids is 2. The highest BCUT2D eigenvalue weighted by atomic mass is 79.9. The van der Waals surface area contributed by atoms with Gasteiger partial charge in [-0.25, -0.2) is 5.43 Å². The summed E-state index contributed by atoms with van der Waals surface area (Å²) in [4.78, 5) is 25.1. The smallest absolute Gasteiger partial charge is 0.262 e. The van der Waals surface area contributed by atoms with E-state index in [1.807, 2.05) is 27.7 Å². The molecular weight excluding hydrogens is 498 g/mol. The topological polar surface area (TPSA) is 89.0 Å². The van der Waals surface area contributed by atoms with Gasteiger partial charge in [-0.1, -0.05) is 25.4 Å². The van der Waals surface area contributed by atoms with E-state index in [0.29, 0.717) is 32.1 Å². The Morgan fingerprint density at radius 1 is 1.12 bits per heavy atom. The molecule has 0 radical (unpaired) electrons. The van der Waals surface area contributed by atoms with E-state index in [0.717, 1.165) is 0 Å². The summed E-state index contributed by atoms with van der Waals surface area (Å²) in [6, 6.07) is 9.23. The lowest BCUT2D eigenvalue weighted by Crippen LogP contribution is -2.48. The zero-order valence-electron chi connectivity index (χ0n) is 18.6. The summed E-state index contributed by atoms with van der Waals surface area (Å²) < 4.78 is 11.9. The van der Waals surface area contributed by atoms with Gasteiger partial charge < -0.3 is 14.8 Å². The number of hydrogen-bond acceptors (Lipinski definition) is 5. The molecule has 0 bridgehead atoms. The Morgan fingerprint density at radius 2 is 1.78 bits per heavy atom. The first kappa shape index (κ1) is 25.7. The molecule has 7 nitrogen and oxygen atoms in total. The molecule has 2 aromatic carbocycles. The van der Waals surface area contributed by atoms with Crippen molar-refractivity contribution in [3.8, 4) is 11.5 Å². The second-order valence-corrected chi connectivity index (χ2v) is 8.93. The van der Waals surface area contributed by atoms with Gasteiger partial charge in [-0.15, -0.1) is 0 Å². The molecule has 0 saturated heterocycles. The quantitative estimate of drug-likeness (QED) is 0.364. The van der Waals surface area contributed by atoms with Crippen LogP contribution in [-0.2, 0) is 4.79 Å². The fourth-order valence-corrected chi connectivity index (χ4v) is 3.44. The maximum atomic E-state index is 12.6. The van der Waals surface area contributed by atoms with E-state index in [4.69, 9.17) is 21.1 Å². The molecule has 172 valence electrons. The van der Waals surface area contributed by atoms with Crippen LogP contribution in [-0.4, -0.2) is 37.3 Å². The summed E-state index contributed by atoms with van der Waals surface area (Å²) in [5, 5.41) is 7.30. The van der Waals surface area contributed by atoms with Crippen LogP contribution in [0.15, 0.2) is 46.0 Å². The highest BCUT2D eigenvalue weighted by molar-refractivity contribution is 9.10. The van der Waals surface area contributed by atoms with E-state index < -0.39 is 11.9 Å². The number of carbonyl (C=O) groups is 2. The van der Waals surface area contributed by atoms with Crippen molar-refractivity contribution in [2.45, 2.75) is 39.8 Å². The molecule has 2 amide bonds. The van der Waals surface area contributed by atoms with Crippen molar-refractivity contribution in [2.24, 2.45) is 11.0 Å². The van der Waals surface area contributed by atoms with Crippen LogP contribution in [0.2, 0.25) is 5.02 Å². The van der Waals surface area contributed by atoms with Crippen LogP contribution in [0.25, 0.3) is 0 Å². The Hall–Kier alpha value is -2.58. The summed E-state index contributed by atoms with van der Waals surface area (Å²) in [6.45, 7) is 7.53. The number of nitrogens with zero attached hydrogens (tertiary/aromatic N) is 1. The minimum Gasteiger partial charge on any atom is -0.493 e. The third-order valence-electron chi connectivity index (χ3n) is 4.34. The summed E-state index contributed by atoms with van der Waals surface area (Å²) in [6.07, 6.45) is 1.47. The van der Waals surface area contributed by atoms with Crippen LogP contribution in [0, 0.1) is 5.92 Å². The minimum atomic E-state index is -0.765. The Labute approximate surface area is 201 Å². The highest BCUT2D eigenvalue weighted by Crippen LogP contribution is 2.36. The standard InChI is InChI=1S/C23H27BrClN3O4/c1-13(2)20(27-22(29)16-6-8-17(25)9-7-16)23(30)28-26-12-15-10-18(24)21(32-14(3)4)19(11-15)31-5/h6-14,20H,1-5H3,(H,27,29)(H,28,30). The Bertz CT molecular complexity index is 978. The van der Waals surface area contributed by atoms with Crippen molar-refractivity contribution in [3.63, 3.8) is 0 Å². The number of hydrogen-bond donors (Lipinski definition) is 2. The predicted molar refractivity (Wildman–Crippen MR) is 130 cm³/mol. The molecule has 2 N–H and O–H groups in total. The fourth-order valence-electron chi connectivity index (χ4n) is 2.77. The SMILES string of the molecule is COc1cc(C=NNC(=O)C(NC(=O)c2ccc(Cl)cc2)C(C)C)cc(Br)c1OC(C)C. The number of benzene rings is 2. The van der Waals surface area contributed by atoms with Crippen LogP contribution in [0.5, 0.6) is 11.5 Å². The van der Waals surface area contributed by atoms with Crippen LogP contribution in [0.3, 0.4) is 0 Å². The van der Waals surface area contributed by atoms with Crippen LogP contribution >= 0.6 is 27.5 Å². The predicted octanol–water partition coefficient (Wildman–Crippen LogP) is 4.80. The van der Waals surface area contributed by atoms with Crippen molar-refractivity contribution in [3.05, 3.63) is 57.0 Å². The van der Waals surface area contributed by atoms with Gasteiger partial charge in [0, 0.05) is 10.6 Å². The first-order chi connectivity index (χ1) is 15.1. The second kappa shape index (κ2) is 11.9. The van der Waals surface area contributed by atoms with E-state index in [1.165, 1.54) is 6.21 Å². The van der Waals surface area contributed by atoms with Gasteiger partial charge in [0.15, 0.2) is 11.5 Å². The summed E-state index contributed by atoms with van der Waals surface area (Å²) in [5.74, 6) is 0.186. The van der Waals surface area contributed by atoms with E-state index in [2.05, 4.69) is 31.8 Å². The van der Waals surface area contributed by atoms with E-state index in [-0.39, 0.29) is 17.9 Å². The number of methoxy groups -OCH3 is 1. The Morgan fingerprint density at radius 3 is 2.34 bits per heavy atom. The van der Waals surface area contributed by atoms with Gasteiger partial charge in [-0.05, 0) is 77.7 Å². The average Bonchev–Trinajstić information content (AvgIpc) is 2.73. The van der Waals surface area contributed by atoms with Crippen molar-refractivity contribution in [1.29, 1.82) is 0 Å². The van der Waals surface area contributed by atoms with Crippen molar-refractivity contribution >= 4 is 45.6 Å². The molecule has 0 aliphatic rings. The number of hydrazone groups is 1. The molecule has 0 spiro atoms. The van der Waals surface area contributed by atoms with E-state index >= 15 is 0 Å². The molecule has 1 atom stereocenters. The van der Waals surface area contributed by atoms with Gasteiger partial charge in [0.2, 0.25) is 0 Å². The monoisotopic (exact) mass is 523 g/mol. The molecular formula is C23H27BrClN3O4. The van der Waals surface area contributed by atoms with Gasteiger partial charge in [0.05, 0.1) is 23.9 Å². The number of amides is 2. The lowest BCUT2D eigenvalue weighted by Gasteiger charge is -2.20. The number of ether oxygens (including phenoxy) is 2. The van der Waals surface area contributed by atoms with E-state index in [1.54, 1.807) is 43.5 Å². The normalized spacial score (nSPS) is 12.2. The fraction of sp³-hybridized carbons (Fsp3) is 0.348. The van der Waals surface area contributed by atoms with Crippen LogP contribution < -0.4 is 20.2 Å². The first-order valence-electron chi connectivity index (χ1n) is 10.1. The highest BCUT2D eigenvalue weighted by Gasteiger charge is 2.24. The first-order valence-corrected chi connectivity index (χ1v) is 11.2. The number of rotatable bonds is 9. The maximum absolute atomic E-state index is 12.6. The zero-order valence-corrected chi connectivity index (χ0v) is 21.0. The molecule has 0 fully saturated rings. The van der Waals surface area contributed by atoms with Crippen LogP contribution in [0.4, 0.5) is 0 Å². The van der Waals surface area contributed by atoms with Gasteiger partial charge in [0.25, 0.3) is 11.8 Å². The van der Waals surface area contributed by atoms with Crippen LogP contribution in [0.1, 0.15) is 43.6 Å². The van der Waals surface area contributed by atoms with Gasteiger partial charge in [-0.2, -0.15) is 5.10 Å². The Balaban J connectivity index is 2.08. The molecule has 32 heavy (non-hydrogen) atoms. The largest absolute Gasteiger partial charge is 0.493 e. The van der Waals surface area contributed by atoms with E-state index in [9.17, 15) is 9.59 Å². The summed E-state index contributed by atoms with van der Waals surface area (Å²) in [5.41, 5.74) is 3.59. The van der Waals surface area contributed by atoms with Crippen molar-refractivity contribution in [2.75, 3.05) is 7.11 Å². The molecule has 1 unspecified atom stereocenters. The lowest BCUT2D eigenvalue weighted by molar-refractivity contribution is -0.123. The molecule has 2 aromatic rings.